The van der Waals surface area contributed by atoms with E-state index in [-0.39, 0.29) is 28.6 Å². The molecule has 39 heavy (non-hydrogen) atoms. The van der Waals surface area contributed by atoms with Gasteiger partial charge in [-0.25, -0.2) is 15.0 Å². The first-order valence-corrected chi connectivity index (χ1v) is 12.4. The Morgan fingerprint density at radius 2 is 1.77 bits per heavy atom. The molecule has 1 atom stereocenters. The van der Waals surface area contributed by atoms with Gasteiger partial charge in [-0.2, -0.15) is 13.2 Å². The number of halogens is 3. The Morgan fingerprint density at radius 3 is 2.51 bits per heavy atom. The third-order valence-corrected chi connectivity index (χ3v) is 6.75. The van der Waals surface area contributed by atoms with Gasteiger partial charge in [-0.1, -0.05) is 18.2 Å². The number of ether oxygens (including phenoxy) is 1. The zero-order valence-electron chi connectivity index (χ0n) is 20.8. The molecule has 1 aliphatic rings. The van der Waals surface area contributed by atoms with Crippen molar-refractivity contribution < 1.29 is 17.9 Å². The van der Waals surface area contributed by atoms with E-state index in [4.69, 9.17) is 4.74 Å². The van der Waals surface area contributed by atoms with Gasteiger partial charge < -0.3 is 24.9 Å². The number of fused-ring (bicyclic) bond motifs is 2. The molecule has 0 aliphatic carbocycles. The van der Waals surface area contributed by atoms with E-state index in [0.717, 1.165) is 6.07 Å². The molecule has 0 saturated carbocycles. The summed E-state index contributed by atoms with van der Waals surface area (Å²) in [4.78, 5) is 34.1. The fourth-order valence-corrected chi connectivity index (χ4v) is 4.89. The Hall–Kier alpha value is -4.45. The van der Waals surface area contributed by atoms with E-state index in [0.29, 0.717) is 54.2 Å². The number of aromatic nitrogens is 5. The number of para-hydroxylation sites is 1. The number of alkyl halides is 3. The van der Waals surface area contributed by atoms with E-state index < -0.39 is 17.3 Å². The quantitative estimate of drug-likeness (QED) is 0.294. The highest BCUT2D eigenvalue weighted by atomic mass is 19.4. The molecule has 1 aliphatic heterocycles. The molecule has 5 aromatic rings. The second kappa shape index (κ2) is 9.70. The minimum absolute atomic E-state index is 0.0389. The maximum atomic E-state index is 14.1. The van der Waals surface area contributed by atoms with Crippen LogP contribution in [0, 0.1) is 0 Å². The molecule has 4 heterocycles. The number of hydrogen-bond acceptors (Lipinski definition) is 7. The van der Waals surface area contributed by atoms with Gasteiger partial charge in [-0.15, -0.1) is 0 Å². The van der Waals surface area contributed by atoms with Gasteiger partial charge in [0, 0.05) is 30.9 Å². The first-order valence-electron chi connectivity index (χ1n) is 12.4. The first-order chi connectivity index (χ1) is 18.8. The summed E-state index contributed by atoms with van der Waals surface area (Å²) in [5.41, 5.74) is 0.558. The summed E-state index contributed by atoms with van der Waals surface area (Å²) in [6, 6.07) is 11.1. The standard InChI is InChI=1S/C27H24F3N7O2/c1-15(24-31-7-4-8-32-24)33-23-16-5-2-3-6-18(16)36-26(38)22(23)25-34-19-13-17(27(28,29)30)21(14-20(19)35-25)37-9-11-39-12-10-37/h2-8,13-15H,9-12H2,1H3,(H,34,35)(H2,33,36,38). The highest BCUT2D eigenvalue weighted by Gasteiger charge is 2.36. The second-order valence-electron chi connectivity index (χ2n) is 9.29. The number of morpholine rings is 1. The number of imidazole rings is 1. The van der Waals surface area contributed by atoms with Crippen LogP contribution >= 0.6 is 0 Å². The van der Waals surface area contributed by atoms with Crippen molar-refractivity contribution in [3.8, 4) is 11.4 Å². The molecule has 200 valence electrons. The summed E-state index contributed by atoms with van der Waals surface area (Å²) in [6.07, 6.45) is -1.33. The van der Waals surface area contributed by atoms with Crippen LogP contribution in [0.2, 0.25) is 0 Å². The molecule has 2 aromatic carbocycles. The largest absolute Gasteiger partial charge is 0.418 e. The Kier molecular flexibility index (Phi) is 6.18. The summed E-state index contributed by atoms with van der Waals surface area (Å²) in [6.45, 7) is 3.21. The van der Waals surface area contributed by atoms with Gasteiger partial charge in [0.25, 0.3) is 5.56 Å². The molecular weight excluding hydrogens is 511 g/mol. The summed E-state index contributed by atoms with van der Waals surface area (Å²) in [5, 5.41) is 4.05. The summed E-state index contributed by atoms with van der Waals surface area (Å²) < 4.78 is 47.6. The number of H-pyrrole nitrogens is 2. The van der Waals surface area contributed by atoms with E-state index in [1.807, 2.05) is 19.1 Å². The third kappa shape index (κ3) is 4.67. The van der Waals surface area contributed by atoms with Crippen molar-refractivity contribution in [2.24, 2.45) is 0 Å². The molecule has 12 heteroatoms. The zero-order chi connectivity index (χ0) is 27.1. The predicted octanol–water partition coefficient (Wildman–Crippen LogP) is 4.89. The fourth-order valence-electron chi connectivity index (χ4n) is 4.89. The smallest absolute Gasteiger partial charge is 0.378 e. The number of nitrogens with zero attached hydrogens (tertiary/aromatic N) is 4. The SMILES string of the molecule is CC(Nc1c(-c2nc3cc(N4CCOCC4)c(C(F)(F)F)cc3[nH]2)c(=O)[nH]c2ccccc12)c1ncccn1. The molecule has 1 saturated heterocycles. The lowest BCUT2D eigenvalue weighted by Crippen LogP contribution is -2.37. The minimum atomic E-state index is -4.58. The van der Waals surface area contributed by atoms with Crippen LogP contribution in [0.15, 0.2) is 59.7 Å². The van der Waals surface area contributed by atoms with Gasteiger partial charge in [0.2, 0.25) is 0 Å². The number of benzene rings is 2. The van der Waals surface area contributed by atoms with Crippen molar-refractivity contribution in [3.63, 3.8) is 0 Å². The van der Waals surface area contributed by atoms with E-state index >= 15 is 0 Å². The molecule has 1 fully saturated rings. The maximum Gasteiger partial charge on any atom is 0.418 e. The number of anilines is 2. The van der Waals surface area contributed by atoms with Crippen molar-refractivity contribution in [3.05, 3.63) is 76.6 Å². The molecule has 0 amide bonds. The van der Waals surface area contributed by atoms with E-state index in [1.165, 1.54) is 6.07 Å². The Balaban J connectivity index is 1.53. The number of pyridine rings is 1. The van der Waals surface area contributed by atoms with Crippen molar-refractivity contribution in [1.82, 2.24) is 24.9 Å². The van der Waals surface area contributed by atoms with Crippen molar-refractivity contribution in [2.45, 2.75) is 19.1 Å². The Labute approximate surface area is 220 Å². The highest BCUT2D eigenvalue weighted by molar-refractivity contribution is 5.99. The second-order valence-corrected chi connectivity index (χ2v) is 9.29. The normalized spacial score (nSPS) is 15.1. The van der Waals surface area contributed by atoms with Crippen LogP contribution in [0.5, 0.6) is 0 Å². The number of aromatic amines is 2. The molecule has 3 N–H and O–H groups in total. The molecular formula is C27H24F3N7O2. The molecule has 0 spiro atoms. The van der Waals surface area contributed by atoms with Gasteiger partial charge >= 0.3 is 6.18 Å². The lowest BCUT2D eigenvalue weighted by molar-refractivity contribution is -0.137. The molecule has 3 aromatic heterocycles. The van der Waals surface area contributed by atoms with Gasteiger partial charge in [-0.3, -0.25) is 4.79 Å². The average Bonchev–Trinajstić information content (AvgIpc) is 3.35. The fraction of sp³-hybridized carbons (Fsp3) is 0.259. The summed E-state index contributed by atoms with van der Waals surface area (Å²) >= 11 is 0. The maximum absolute atomic E-state index is 14.1. The van der Waals surface area contributed by atoms with Crippen molar-refractivity contribution in [2.75, 3.05) is 36.5 Å². The zero-order valence-corrected chi connectivity index (χ0v) is 20.8. The van der Waals surface area contributed by atoms with E-state index in [1.54, 1.807) is 35.5 Å². The van der Waals surface area contributed by atoms with Crippen LogP contribution in [0.25, 0.3) is 33.3 Å². The summed E-state index contributed by atoms with van der Waals surface area (Å²) in [5.74, 6) is 0.662. The van der Waals surface area contributed by atoms with Gasteiger partial charge in [0.15, 0.2) is 0 Å². The van der Waals surface area contributed by atoms with Gasteiger partial charge in [0.1, 0.15) is 17.2 Å². The number of rotatable bonds is 5. The topological polar surface area (TPSA) is 112 Å². The van der Waals surface area contributed by atoms with Crippen LogP contribution in [0.4, 0.5) is 24.5 Å². The summed E-state index contributed by atoms with van der Waals surface area (Å²) in [7, 11) is 0. The van der Waals surface area contributed by atoms with Crippen LogP contribution < -0.4 is 15.8 Å². The van der Waals surface area contributed by atoms with Gasteiger partial charge in [0.05, 0.1) is 52.7 Å². The molecule has 0 bridgehead atoms. The number of nitrogens with one attached hydrogen (secondary N) is 3. The lowest BCUT2D eigenvalue weighted by atomic mass is 10.1. The van der Waals surface area contributed by atoms with Crippen LogP contribution in [0.3, 0.4) is 0 Å². The number of hydrogen-bond donors (Lipinski definition) is 3. The van der Waals surface area contributed by atoms with Crippen molar-refractivity contribution >= 4 is 33.3 Å². The van der Waals surface area contributed by atoms with E-state index in [2.05, 4.69) is 30.2 Å². The van der Waals surface area contributed by atoms with Crippen molar-refractivity contribution in [1.29, 1.82) is 0 Å². The lowest BCUT2D eigenvalue weighted by Gasteiger charge is -2.31. The predicted molar refractivity (Wildman–Crippen MR) is 142 cm³/mol. The monoisotopic (exact) mass is 535 g/mol. The first kappa shape index (κ1) is 24.9. The van der Waals surface area contributed by atoms with Crippen LogP contribution in [0.1, 0.15) is 24.4 Å². The Bertz CT molecular complexity index is 1710. The third-order valence-electron chi connectivity index (χ3n) is 6.75. The van der Waals surface area contributed by atoms with Crippen LogP contribution in [-0.4, -0.2) is 51.2 Å². The van der Waals surface area contributed by atoms with E-state index in [9.17, 15) is 18.0 Å². The van der Waals surface area contributed by atoms with Crippen LogP contribution in [-0.2, 0) is 10.9 Å². The highest BCUT2D eigenvalue weighted by Crippen LogP contribution is 2.40. The molecule has 0 radical (unpaired) electrons. The molecule has 6 rings (SSSR count). The Morgan fingerprint density at radius 1 is 1.03 bits per heavy atom. The molecule has 9 nitrogen and oxygen atoms in total. The van der Waals surface area contributed by atoms with Gasteiger partial charge in [-0.05, 0) is 31.2 Å². The average molecular weight is 536 g/mol. The molecule has 1 unspecified atom stereocenters. The minimum Gasteiger partial charge on any atom is -0.378 e.